The summed E-state index contributed by atoms with van der Waals surface area (Å²) in [6.07, 6.45) is 10.1. The Labute approximate surface area is 75.9 Å². The molecule has 0 saturated carbocycles. The van der Waals surface area contributed by atoms with Gasteiger partial charge in [0.2, 0.25) is 0 Å². The molecule has 1 heteroatoms. The summed E-state index contributed by atoms with van der Waals surface area (Å²) in [6.45, 7) is 0. The molecule has 1 aliphatic rings. The van der Waals surface area contributed by atoms with Crippen LogP contribution in [0.5, 0.6) is 0 Å². The minimum Gasteiger partial charge on any atom is -0.152 e. The summed E-state index contributed by atoms with van der Waals surface area (Å²) >= 11 is 1.72. The van der Waals surface area contributed by atoms with Crippen LogP contribution >= 0.6 is 11.3 Å². The molecule has 0 spiro atoms. The summed E-state index contributed by atoms with van der Waals surface area (Å²) in [6, 6.07) is 2.10. The third kappa shape index (κ3) is 1.65. The molecule has 0 nitrogen and oxygen atoms in total. The molecule has 0 saturated heterocycles. The van der Waals surface area contributed by atoms with Gasteiger partial charge in [-0.3, -0.25) is 0 Å². The number of thiophene rings is 1. The fourth-order valence-corrected chi connectivity index (χ4v) is 1.63. The summed E-state index contributed by atoms with van der Waals surface area (Å²) in [7, 11) is 0. The van der Waals surface area contributed by atoms with Crippen molar-refractivity contribution in [2.24, 2.45) is 0 Å². The maximum Gasteiger partial charge on any atom is 0.0165 e. The van der Waals surface area contributed by atoms with Gasteiger partial charge in [0.15, 0.2) is 0 Å². The highest BCUT2D eigenvalue weighted by Crippen LogP contribution is 2.11. The second kappa shape index (κ2) is 3.40. The van der Waals surface area contributed by atoms with E-state index in [2.05, 4.69) is 34.7 Å². The monoisotopic (exact) mass is 172 g/mol. The van der Waals surface area contributed by atoms with E-state index in [1.807, 2.05) is 18.2 Å². The molecule has 1 aliphatic carbocycles. The first-order chi connectivity index (χ1) is 5.95. The van der Waals surface area contributed by atoms with E-state index in [9.17, 15) is 0 Å². The molecular formula is C11H8S. The third-order valence-electron chi connectivity index (χ3n) is 1.62. The van der Waals surface area contributed by atoms with E-state index in [4.69, 9.17) is 0 Å². The van der Waals surface area contributed by atoms with Gasteiger partial charge in [0, 0.05) is 5.57 Å². The molecule has 0 aromatic carbocycles. The first kappa shape index (κ1) is 7.35. The zero-order valence-electron chi connectivity index (χ0n) is 6.53. The molecule has 0 unspecified atom stereocenters. The van der Waals surface area contributed by atoms with Gasteiger partial charge in [-0.1, -0.05) is 12.2 Å². The van der Waals surface area contributed by atoms with Crippen LogP contribution in [0.15, 0.2) is 52.4 Å². The maximum absolute atomic E-state index is 3.12. The molecule has 1 aromatic rings. The average Bonchev–Trinajstić information content (AvgIpc) is 2.74. The molecule has 1 heterocycles. The smallest absolute Gasteiger partial charge is 0.0165 e. The Morgan fingerprint density at radius 2 is 2.33 bits per heavy atom. The van der Waals surface area contributed by atoms with Gasteiger partial charge in [-0.25, -0.2) is 0 Å². The fraction of sp³-hybridized carbons (Fsp3) is 0. The van der Waals surface area contributed by atoms with E-state index in [0.29, 0.717) is 0 Å². The zero-order valence-corrected chi connectivity index (χ0v) is 7.34. The Morgan fingerprint density at radius 1 is 1.33 bits per heavy atom. The van der Waals surface area contributed by atoms with Crippen molar-refractivity contribution in [2.45, 2.75) is 0 Å². The average molecular weight is 172 g/mol. The van der Waals surface area contributed by atoms with Crippen molar-refractivity contribution < 1.29 is 0 Å². The molecule has 0 atom stereocenters. The van der Waals surface area contributed by atoms with Gasteiger partial charge in [-0.2, -0.15) is 11.3 Å². The van der Waals surface area contributed by atoms with E-state index in [-0.39, 0.29) is 0 Å². The van der Waals surface area contributed by atoms with Crippen LogP contribution in [0.3, 0.4) is 0 Å². The number of hydrogen-bond acceptors (Lipinski definition) is 1. The normalized spacial score (nSPS) is 14.5. The van der Waals surface area contributed by atoms with E-state index in [0.717, 1.165) is 5.57 Å². The van der Waals surface area contributed by atoms with Crippen molar-refractivity contribution in [2.75, 3.05) is 0 Å². The van der Waals surface area contributed by atoms with Crippen LogP contribution in [0, 0.1) is 0 Å². The Kier molecular flexibility index (Phi) is 2.08. The molecule has 0 fully saturated rings. The van der Waals surface area contributed by atoms with Gasteiger partial charge in [0.1, 0.15) is 0 Å². The Bertz CT molecular complexity index is 371. The fourth-order valence-electron chi connectivity index (χ4n) is 1.00. The summed E-state index contributed by atoms with van der Waals surface area (Å²) in [5, 5.41) is 4.20. The summed E-state index contributed by atoms with van der Waals surface area (Å²) < 4.78 is 0. The number of hydrogen-bond donors (Lipinski definition) is 0. The van der Waals surface area contributed by atoms with Crippen molar-refractivity contribution in [3.8, 4) is 0 Å². The highest BCUT2D eigenvalue weighted by atomic mass is 32.1. The van der Waals surface area contributed by atoms with Gasteiger partial charge >= 0.3 is 0 Å². The van der Waals surface area contributed by atoms with Crippen LogP contribution in [0.2, 0.25) is 0 Å². The highest BCUT2D eigenvalue weighted by Gasteiger charge is 1.88. The van der Waals surface area contributed by atoms with Crippen molar-refractivity contribution in [3.63, 3.8) is 0 Å². The number of allylic oxidation sites excluding steroid dienone is 4. The Morgan fingerprint density at radius 3 is 3.00 bits per heavy atom. The van der Waals surface area contributed by atoms with Crippen LogP contribution in [0.25, 0.3) is 6.08 Å². The topological polar surface area (TPSA) is 0 Å². The molecular weight excluding hydrogens is 164 g/mol. The highest BCUT2D eigenvalue weighted by molar-refractivity contribution is 7.08. The van der Waals surface area contributed by atoms with Crippen LogP contribution in [-0.4, -0.2) is 0 Å². The van der Waals surface area contributed by atoms with E-state index < -0.39 is 0 Å². The Balaban J connectivity index is 2.13. The lowest BCUT2D eigenvalue weighted by Gasteiger charge is -1.83. The SMILES string of the molecule is C1=CC=CC=1/C=C/c1ccsc1. The van der Waals surface area contributed by atoms with Crippen LogP contribution < -0.4 is 0 Å². The van der Waals surface area contributed by atoms with Gasteiger partial charge in [0.25, 0.3) is 0 Å². The number of rotatable bonds is 2. The molecule has 0 aliphatic heterocycles. The molecule has 0 bridgehead atoms. The Hall–Kier alpha value is -1.30. The second-order valence-electron chi connectivity index (χ2n) is 2.52. The van der Waals surface area contributed by atoms with E-state index in [1.165, 1.54) is 5.56 Å². The molecule has 2 rings (SSSR count). The van der Waals surface area contributed by atoms with Crippen molar-refractivity contribution in [1.82, 2.24) is 0 Å². The quantitative estimate of drug-likeness (QED) is 0.600. The second-order valence-corrected chi connectivity index (χ2v) is 3.30. The lowest BCUT2D eigenvalue weighted by molar-refractivity contribution is 1.77. The molecule has 1 aromatic heterocycles. The molecule has 58 valence electrons. The van der Waals surface area contributed by atoms with Crippen LogP contribution in [0.4, 0.5) is 0 Å². The van der Waals surface area contributed by atoms with Crippen molar-refractivity contribution >= 4 is 17.4 Å². The van der Waals surface area contributed by atoms with Crippen molar-refractivity contribution in [1.29, 1.82) is 0 Å². The predicted octanol–water partition coefficient (Wildman–Crippen LogP) is 3.41. The van der Waals surface area contributed by atoms with Gasteiger partial charge in [-0.05, 0) is 40.6 Å². The molecule has 0 amide bonds. The minimum atomic E-state index is 1.14. The molecule has 0 N–H and O–H groups in total. The predicted molar refractivity (Wildman–Crippen MR) is 54.1 cm³/mol. The summed E-state index contributed by atoms with van der Waals surface area (Å²) in [5.41, 5.74) is 5.52. The van der Waals surface area contributed by atoms with Crippen LogP contribution in [0.1, 0.15) is 5.56 Å². The van der Waals surface area contributed by atoms with E-state index >= 15 is 0 Å². The maximum atomic E-state index is 3.12. The van der Waals surface area contributed by atoms with Crippen molar-refractivity contribution in [3.05, 3.63) is 58.0 Å². The summed E-state index contributed by atoms with van der Waals surface area (Å²) in [5.74, 6) is 0. The first-order valence-electron chi connectivity index (χ1n) is 3.79. The molecule has 0 radical (unpaired) electrons. The first-order valence-corrected chi connectivity index (χ1v) is 4.73. The minimum absolute atomic E-state index is 1.14. The summed E-state index contributed by atoms with van der Waals surface area (Å²) in [4.78, 5) is 0. The van der Waals surface area contributed by atoms with Crippen LogP contribution in [-0.2, 0) is 0 Å². The lowest BCUT2D eigenvalue weighted by Crippen LogP contribution is -1.64. The van der Waals surface area contributed by atoms with Gasteiger partial charge < -0.3 is 0 Å². The zero-order chi connectivity index (χ0) is 8.23. The standard InChI is InChI=1S/C11H8S/c1-2-4-10(3-1)5-6-11-7-8-12-9-11/h1-3,5-9H/b6-5+. The third-order valence-corrected chi connectivity index (χ3v) is 2.32. The van der Waals surface area contributed by atoms with Gasteiger partial charge in [0.05, 0.1) is 0 Å². The van der Waals surface area contributed by atoms with Gasteiger partial charge in [-0.15, -0.1) is 5.73 Å². The lowest BCUT2D eigenvalue weighted by atomic mass is 10.2. The largest absolute Gasteiger partial charge is 0.152 e. The molecule has 12 heavy (non-hydrogen) atoms. The van der Waals surface area contributed by atoms with E-state index in [1.54, 1.807) is 11.3 Å².